The van der Waals surface area contributed by atoms with Crippen LogP contribution in [0.1, 0.15) is 25.7 Å². The van der Waals surface area contributed by atoms with Gasteiger partial charge in [0.05, 0.1) is 19.3 Å². The smallest absolute Gasteiger partial charge is 0.246 e. The lowest BCUT2D eigenvalue weighted by Crippen LogP contribution is -2.55. The highest BCUT2D eigenvalue weighted by Crippen LogP contribution is 2.28. The number of tetrazole rings is 1. The van der Waals surface area contributed by atoms with Crippen LogP contribution < -0.4 is 0 Å². The van der Waals surface area contributed by atoms with Crippen molar-refractivity contribution in [1.82, 2.24) is 25.1 Å². The van der Waals surface area contributed by atoms with Crippen molar-refractivity contribution < 1.29 is 14.3 Å². The zero-order valence-electron chi connectivity index (χ0n) is 15.2. The quantitative estimate of drug-likeness (QED) is 0.808. The minimum absolute atomic E-state index is 0.0112. The topological polar surface area (TPSA) is 90.2 Å². The first-order chi connectivity index (χ1) is 13.2. The SMILES string of the molecule is O=C1CCCCC1C1COCCN1C(=O)Cn1nnc(-c2ccccc2)n1. The third kappa shape index (κ3) is 3.90. The standard InChI is InChI=1S/C19H23N5O3/c25-17-9-5-4-8-15(17)16-13-27-11-10-23(16)18(26)12-24-21-19(20-22-24)14-6-2-1-3-7-14/h1-3,6-7,15-16H,4-5,8-13H2. The summed E-state index contributed by atoms with van der Waals surface area (Å²) in [5.74, 6) is 0.523. The van der Waals surface area contributed by atoms with Crippen LogP contribution in [0.4, 0.5) is 0 Å². The number of hydrogen-bond acceptors (Lipinski definition) is 6. The number of carbonyl (C=O) groups excluding carboxylic acids is 2. The van der Waals surface area contributed by atoms with Gasteiger partial charge in [-0.15, -0.1) is 10.2 Å². The lowest BCUT2D eigenvalue weighted by Gasteiger charge is -2.40. The van der Waals surface area contributed by atoms with E-state index < -0.39 is 0 Å². The summed E-state index contributed by atoms with van der Waals surface area (Å²) in [5.41, 5.74) is 0.855. The highest BCUT2D eigenvalue weighted by molar-refractivity contribution is 5.84. The Morgan fingerprint density at radius 2 is 2.07 bits per heavy atom. The molecule has 1 aromatic carbocycles. The first-order valence-corrected chi connectivity index (χ1v) is 9.45. The second kappa shape index (κ2) is 7.96. The number of rotatable bonds is 4. The van der Waals surface area contributed by atoms with E-state index >= 15 is 0 Å². The van der Waals surface area contributed by atoms with Crippen LogP contribution in [-0.2, 0) is 20.9 Å². The van der Waals surface area contributed by atoms with Crippen LogP contribution in [-0.4, -0.2) is 62.6 Å². The normalized spacial score (nSPS) is 23.4. The van der Waals surface area contributed by atoms with E-state index in [0.717, 1.165) is 24.8 Å². The van der Waals surface area contributed by atoms with Crippen LogP contribution in [0.5, 0.6) is 0 Å². The molecule has 2 heterocycles. The first-order valence-electron chi connectivity index (χ1n) is 9.45. The number of ketones is 1. The van der Waals surface area contributed by atoms with Gasteiger partial charge < -0.3 is 9.64 Å². The molecule has 0 radical (unpaired) electrons. The summed E-state index contributed by atoms with van der Waals surface area (Å²) < 4.78 is 5.58. The summed E-state index contributed by atoms with van der Waals surface area (Å²) in [6.07, 6.45) is 3.41. The predicted molar refractivity (Wildman–Crippen MR) is 96.5 cm³/mol. The fourth-order valence-electron chi connectivity index (χ4n) is 3.91. The maximum Gasteiger partial charge on any atom is 0.246 e. The summed E-state index contributed by atoms with van der Waals surface area (Å²) in [5, 5.41) is 12.4. The van der Waals surface area contributed by atoms with Crippen molar-refractivity contribution in [2.45, 2.75) is 38.3 Å². The number of amides is 1. The molecular formula is C19H23N5O3. The van der Waals surface area contributed by atoms with Crippen molar-refractivity contribution in [3.8, 4) is 11.4 Å². The molecule has 1 aliphatic heterocycles. The van der Waals surface area contributed by atoms with Crippen molar-refractivity contribution in [3.63, 3.8) is 0 Å². The second-order valence-electron chi connectivity index (χ2n) is 7.06. The summed E-state index contributed by atoms with van der Waals surface area (Å²) in [6.45, 7) is 1.41. The molecular weight excluding hydrogens is 346 g/mol. The Morgan fingerprint density at radius 1 is 1.22 bits per heavy atom. The van der Waals surface area contributed by atoms with E-state index in [-0.39, 0.29) is 30.2 Å². The van der Waals surface area contributed by atoms with Crippen LogP contribution in [0.2, 0.25) is 0 Å². The minimum Gasteiger partial charge on any atom is -0.377 e. The number of carbonyl (C=O) groups is 2. The predicted octanol–water partition coefficient (Wildman–Crippen LogP) is 1.33. The van der Waals surface area contributed by atoms with Crippen molar-refractivity contribution in [2.75, 3.05) is 19.8 Å². The van der Waals surface area contributed by atoms with Crippen molar-refractivity contribution >= 4 is 11.7 Å². The number of aromatic nitrogens is 4. The molecule has 1 aromatic heterocycles. The zero-order chi connectivity index (χ0) is 18.6. The summed E-state index contributed by atoms with van der Waals surface area (Å²) >= 11 is 0. The second-order valence-corrected chi connectivity index (χ2v) is 7.06. The molecule has 1 saturated carbocycles. The Bertz CT molecular complexity index is 807. The van der Waals surface area contributed by atoms with Crippen LogP contribution >= 0.6 is 0 Å². The first kappa shape index (κ1) is 17.8. The minimum atomic E-state index is -0.184. The van der Waals surface area contributed by atoms with E-state index in [1.807, 2.05) is 30.3 Å². The van der Waals surface area contributed by atoms with Crippen LogP contribution in [0.25, 0.3) is 11.4 Å². The number of ether oxygens (including phenoxy) is 1. The molecule has 4 rings (SSSR count). The Balaban J connectivity index is 1.46. The largest absolute Gasteiger partial charge is 0.377 e. The Hall–Kier alpha value is -2.61. The molecule has 142 valence electrons. The van der Waals surface area contributed by atoms with E-state index in [9.17, 15) is 9.59 Å². The fraction of sp³-hybridized carbons (Fsp3) is 0.526. The zero-order valence-corrected chi connectivity index (χ0v) is 15.2. The van der Waals surface area contributed by atoms with Crippen LogP contribution in [0, 0.1) is 5.92 Å². The summed E-state index contributed by atoms with van der Waals surface area (Å²) in [6, 6.07) is 9.34. The van der Waals surface area contributed by atoms with Gasteiger partial charge in [-0.25, -0.2) is 0 Å². The van der Waals surface area contributed by atoms with Gasteiger partial charge in [-0.05, 0) is 18.1 Å². The molecule has 2 atom stereocenters. The molecule has 0 N–H and O–H groups in total. The molecule has 0 bridgehead atoms. The van der Waals surface area contributed by atoms with Gasteiger partial charge in [0.1, 0.15) is 12.3 Å². The number of hydrogen-bond donors (Lipinski definition) is 0. The Labute approximate surface area is 157 Å². The van der Waals surface area contributed by atoms with Gasteiger partial charge in [-0.2, -0.15) is 4.80 Å². The monoisotopic (exact) mass is 369 g/mol. The van der Waals surface area contributed by atoms with Crippen molar-refractivity contribution in [1.29, 1.82) is 0 Å². The number of benzene rings is 1. The van der Waals surface area contributed by atoms with Gasteiger partial charge >= 0.3 is 0 Å². The Kier molecular flexibility index (Phi) is 5.24. The molecule has 2 unspecified atom stereocenters. The lowest BCUT2D eigenvalue weighted by atomic mass is 9.82. The number of Topliss-reactive ketones (excluding diaryl/α,β-unsaturated/α-hetero) is 1. The molecule has 1 amide bonds. The number of morpholine rings is 1. The van der Waals surface area contributed by atoms with E-state index in [2.05, 4.69) is 15.4 Å². The molecule has 2 fully saturated rings. The van der Waals surface area contributed by atoms with E-state index in [0.29, 0.717) is 32.0 Å². The van der Waals surface area contributed by atoms with Crippen molar-refractivity contribution in [2.24, 2.45) is 5.92 Å². The molecule has 8 heteroatoms. The number of nitrogens with zero attached hydrogens (tertiary/aromatic N) is 5. The lowest BCUT2D eigenvalue weighted by molar-refractivity contribution is -0.147. The van der Waals surface area contributed by atoms with Crippen LogP contribution in [0.3, 0.4) is 0 Å². The maximum atomic E-state index is 12.9. The molecule has 1 saturated heterocycles. The Morgan fingerprint density at radius 3 is 2.89 bits per heavy atom. The van der Waals surface area contributed by atoms with E-state index in [1.54, 1.807) is 4.90 Å². The average Bonchev–Trinajstić information content (AvgIpc) is 3.17. The van der Waals surface area contributed by atoms with Crippen LogP contribution in [0.15, 0.2) is 30.3 Å². The fourth-order valence-corrected chi connectivity index (χ4v) is 3.91. The molecule has 27 heavy (non-hydrogen) atoms. The molecule has 0 spiro atoms. The van der Waals surface area contributed by atoms with Crippen molar-refractivity contribution in [3.05, 3.63) is 30.3 Å². The highest BCUT2D eigenvalue weighted by Gasteiger charge is 2.38. The van der Waals surface area contributed by atoms with Gasteiger partial charge in [-0.3, -0.25) is 9.59 Å². The van der Waals surface area contributed by atoms with Gasteiger partial charge in [-0.1, -0.05) is 36.8 Å². The van der Waals surface area contributed by atoms with E-state index in [1.165, 1.54) is 4.80 Å². The van der Waals surface area contributed by atoms with Gasteiger partial charge in [0.15, 0.2) is 0 Å². The third-order valence-corrected chi connectivity index (χ3v) is 5.31. The summed E-state index contributed by atoms with van der Waals surface area (Å²) in [4.78, 5) is 28.4. The van der Waals surface area contributed by atoms with E-state index in [4.69, 9.17) is 4.74 Å². The molecule has 8 nitrogen and oxygen atoms in total. The highest BCUT2D eigenvalue weighted by atomic mass is 16.5. The maximum absolute atomic E-state index is 12.9. The summed E-state index contributed by atoms with van der Waals surface area (Å²) in [7, 11) is 0. The van der Waals surface area contributed by atoms with Gasteiger partial charge in [0, 0.05) is 24.4 Å². The third-order valence-electron chi connectivity index (χ3n) is 5.31. The van der Waals surface area contributed by atoms with Gasteiger partial charge in [0.2, 0.25) is 11.7 Å². The average molecular weight is 369 g/mol. The molecule has 2 aliphatic rings. The van der Waals surface area contributed by atoms with Gasteiger partial charge in [0.25, 0.3) is 0 Å². The molecule has 2 aromatic rings. The molecule has 1 aliphatic carbocycles.